The van der Waals surface area contributed by atoms with E-state index in [1.807, 2.05) is 36.5 Å². The number of rotatable bonds is 6. The topological polar surface area (TPSA) is 53.3 Å². The second-order valence-corrected chi connectivity index (χ2v) is 7.38. The summed E-state index contributed by atoms with van der Waals surface area (Å²) >= 11 is 5.70. The predicted molar refractivity (Wildman–Crippen MR) is 115 cm³/mol. The average Bonchev–Trinajstić information content (AvgIpc) is 3.32. The van der Waals surface area contributed by atoms with Gasteiger partial charge in [-0.1, -0.05) is 19.4 Å². The van der Waals surface area contributed by atoms with E-state index in [4.69, 9.17) is 12.2 Å². The number of pyridine rings is 1. The summed E-state index contributed by atoms with van der Waals surface area (Å²) in [6.45, 7) is 3.09. The number of aromatic hydroxyl groups is 1. The number of phenolic OH excluding ortho intramolecular Hbond substituents is 1. The van der Waals surface area contributed by atoms with Crippen LogP contribution in [-0.4, -0.2) is 31.2 Å². The van der Waals surface area contributed by atoms with Crippen molar-refractivity contribution in [2.24, 2.45) is 0 Å². The zero-order valence-corrected chi connectivity index (χ0v) is 16.6. The van der Waals surface area contributed by atoms with E-state index < -0.39 is 0 Å². The average molecular weight is 393 g/mol. The van der Waals surface area contributed by atoms with Gasteiger partial charge in [0.25, 0.3) is 0 Å². The number of unbranched alkanes of at least 4 members (excludes halogenated alkanes) is 1. The van der Waals surface area contributed by atoms with E-state index in [0.717, 1.165) is 41.6 Å². The van der Waals surface area contributed by atoms with Gasteiger partial charge < -0.3 is 19.9 Å². The molecule has 6 heteroatoms. The second kappa shape index (κ2) is 8.02. The van der Waals surface area contributed by atoms with Gasteiger partial charge in [-0.15, -0.1) is 0 Å². The Morgan fingerprint density at radius 2 is 1.93 bits per heavy atom. The Hall–Kier alpha value is -2.86. The molecular weight excluding hydrogens is 368 g/mol. The van der Waals surface area contributed by atoms with Crippen molar-refractivity contribution in [3.8, 4) is 11.4 Å². The summed E-state index contributed by atoms with van der Waals surface area (Å²) in [5.41, 5.74) is 3.13. The molecule has 1 aliphatic rings. The quantitative estimate of drug-likeness (QED) is 0.611. The van der Waals surface area contributed by atoms with Crippen molar-refractivity contribution in [2.75, 3.05) is 6.54 Å². The van der Waals surface area contributed by atoms with Crippen LogP contribution in [0.5, 0.6) is 5.75 Å². The first-order valence-corrected chi connectivity index (χ1v) is 10.0. The maximum Gasteiger partial charge on any atom is 0.170 e. The lowest BCUT2D eigenvalue weighted by Crippen LogP contribution is -2.31. The zero-order chi connectivity index (χ0) is 19.5. The maximum atomic E-state index is 9.65. The third-order valence-corrected chi connectivity index (χ3v) is 5.51. The first kappa shape index (κ1) is 18.5. The van der Waals surface area contributed by atoms with Crippen molar-refractivity contribution >= 4 is 17.3 Å². The number of phenols is 1. The number of aromatic nitrogens is 2. The van der Waals surface area contributed by atoms with Crippen molar-refractivity contribution in [3.63, 3.8) is 0 Å². The minimum atomic E-state index is -0.0173. The molecule has 1 saturated heterocycles. The van der Waals surface area contributed by atoms with Crippen molar-refractivity contribution < 1.29 is 5.11 Å². The Morgan fingerprint density at radius 3 is 2.64 bits per heavy atom. The first-order chi connectivity index (χ1) is 13.7. The molecule has 3 heterocycles. The number of hydrogen-bond acceptors (Lipinski definition) is 3. The Balaban J connectivity index is 1.78. The van der Waals surface area contributed by atoms with E-state index >= 15 is 0 Å². The van der Waals surface area contributed by atoms with Crippen LogP contribution in [-0.2, 0) is 0 Å². The Labute approximate surface area is 170 Å². The molecule has 0 aliphatic carbocycles. The van der Waals surface area contributed by atoms with Gasteiger partial charge in [0.2, 0.25) is 0 Å². The maximum absolute atomic E-state index is 9.65. The third kappa shape index (κ3) is 3.47. The molecular formula is C22H24N4OS. The summed E-state index contributed by atoms with van der Waals surface area (Å²) < 4.78 is 2.16. The lowest BCUT2D eigenvalue weighted by atomic mass is 10.0. The van der Waals surface area contributed by atoms with Crippen molar-refractivity contribution in [2.45, 2.75) is 31.8 Å². The molecule has 1 aromatic carbocycles. The van der Waals surface area contributed by atoms with Gasteiger partial charge in [0.1, 0.15) is 5.75 Å². The van der Waals surface area contributed by atoms with E-state index in [0.29, 0.717) is 0 Å². The molecule has 0 bridgehead atoms. The minimum absolute atomic E-state index is 0.0173. The molecule has 0 spiro atoms. The van der Waals surface area contributed by atoms with Gasteiger partial charge in [0.15, 0.2) is 5.11 Å². The van der Waals surface area contributed by atoms with Gasteiger partial charge in [-0.05, 0) is 67.2 Å². The van der Waals surface area contributed by atoms with Crippen LogP contribution in [0.1, 0.15) is 43.2 Å². The van der Waals surface area contributed by atoms with E-state index in [-0.39, 0.29) is 17.8 Å². The number of nitrogens with one attached hydrogen (secondary N) is 1. The fraction of sp³-hybridized carbons (Fsp3) is 0.273. The number of thiocarbonyl (C=S) groups is 1. The SMILES string of the molecule is CCCCN1C(=S)NC(c2ccccn2)C1c1cccn1-c1ccc(O)cc1. The predicted octanol–water partition coefficient (Wildman–Crippen LogP) is 4.35. The lowest BCUT2D eigenvalue weighted by molar-refractivity contribution is 0.304. The summed E-state index contributed by atoms with van der Waals surface area (Å²) in [6, 6.07) is 17.5. The van der Waals surface area contributed by atoms with Crippen molar-refractivity contribution in [1.29, 1.82) is 0 Å². The van der Waals surface area contributed by atoms with Crippen LogP contribution in [0.25, 0.3) is 5.69 Å². The lowest BCUT2D eigenvalue weighted by Gasteiger charge is -2.29. The first-order valence-electron chi connectivity index (χ1n) is 9.63. The minimum Gasteiger partial charge on any atom is -0.508 e. The molecule has 0 radical (unpaired) electrons. The van der Waals surface area contributed by atoms with Crippen LogP contribution in [0.3, 0.4) is 0 Å². The summed E-state index contributed by atoms with van der Waals surface area (Å²) in [4.78, 5) is 6.88. The highest BCUT2D eigenvalue weighted by Gasteiger charge is 2.40. The number of hydrogen-bond donors (Lipinski definition) is 2. The summed E-state index contributed by atoms with van der Waals surface area (Å²) in [5.74, 6) is 0.261. The molecule has 1 fully saturated rings. The van der Waals surface area contributed by atoms with Gasteiger partial charge in [-0.25, -0.2) is 0 Å². The fourth-order valence-corrected chi connectivity index (χ4v) is 4.11. The van der Waals surface area contributed by atoms with E-state index in [2.05, 4.69) is 45.0 Å². The van der Waals surface area contributed by atoms with Crippen molar-refractivity contribution in [3.05, 3.63) is 78.4 Å². The normalized spacial score (nSPS) is 19.0. The second-order valence-electron chi connectivity index (χ2n) is 6.99. The van der Waals surface area contributed by atoms with Gasteiger partial charge in [0, 0.05) is 30.3 Å². The highest BCUT2D eigenvalue weighted by atomic mass is 32.1. The molecule has 4 rings (SSSR count). The molecule has 2 atom stereocenters. The highest BCUT2D eigenvalue weighted by Crippen LogP contribution is 2.39. The van der Waals surface area contributed by atoms with Crippen molar-refractivity contribution in [1.82, 2.24) is 19.8 Å². The molecule has 3 aromatic rings. The third-order valence-electron chi connectivity index (χ3n) is 5.16. The van der Waals surface area contributed by atoms with Crippen LogP contribution in [0.4, 0.5) is 0 Å². The molecule has 2 aromatic heterocycles. The van der Waals surface area contributed by atoms with Crippen LogP contribution >= 0.6 is 12.2 Å². The van der Waals surface area contributed by atoms with Gasteiger partial charge >= 0.3 is 0 Å². The van der Waals surface area contributed by atoms with Gasteiger partial charge in [-0.2, -0.15) is 0 Å². The van der Waals surface area contributed by atoms with Gasteiger partial charge in [0.05, 0.1) is 17.8 Å². The summed E-state index contributed by atoms with van der Waals surface area (Å²) in [5, 5.41) is 13.9. The molecule has 1 aliphatic heterocycles. The molecule has 28 heavy (non-hydrogen) atoms. The Morgan fingerprint density at radius 1 is 1.11 bits per heavy atom. The van der Waals surface area contributed by atoms with Crippen LogP contribution in [0, 0.1) is 0 Å². The smallest absolute Gasteiger partial charge is 0.170 e. The van der Waals surface area contributed by atoms with Gasteiger partial charge in [-0.3, -0.25) is 4.98 Å². The molecule has 2 unspecified atom stereocenters. The standard InChI is InChI=1S/C22H24N4OS/c1-2-3-14-26-21(20(24-22(26)28)18-7-4-5-13-23-18)19-8-6-15-25(19)16-9-11-17(27)12-10-16/h4-13,15,20-21,27H,2-3,14H2,1H3,(H,24,28). The zero-order valence-electron chi connectivity index (χ0n) is 15.8. The van der Waals surface area contributed by atoms with Crippen LogP contribution < -0.4 is 5.32 Å². The van der Waals surface area contributed by atoms with E-state index in [1.54, 1.807) is 12.1 Å². The molecule has 2 N–H and O–H groups in total. The Kier molecular flexibility index (Phi) is 5.30. The summed E-state index contributed by atoms with van der Waals surface area (Å²) in [6.07, 6.45) is 6.06. The number of nitrogens with zero attached hydrogens (tertiary/aromatic N) is 3. The van der Waals surface area contributed by atoms with E-state index in [1.165, 1.54) is 0 Å². The molecule has 144 valence electrons. The van der Waals surface area contributed by atoms with E-state index in [9.17, 15) is 5.11 Å². The number of benzene rings is 1. The highest BCUT2D eigenvalue weighted by molar-refractivity contribution is 7.80. The molecule has 0 amide bonds. The van der Waals surface area contributed by atoms with Crippen LogP contribution in [0.15, 0.2) is 67.0 Å². The fourth-order valence-electron chi connectivity index (χ4n) is 3.78. The molecule has 5 nitrogen and oxygen atoms in total. The summed E-state index contributed by atoms with van der Waals surface area (Å²) in [7, 11) is 0. The monoisotopic (exact) mass is 392 g/mol. The molecule has 0 saturated carbocycles. The van der Waals surface area contributed by atoms with Crippen LogP contribution in [0.2, 0.25) is 0 Å². The Bertz CT molecular complexity index is 939. The largest absolute Gasteiger partial charge is 0.508 e.